The minimum atomic E-state index is -0.161. The van der Waals surface area contributed by atoms with Crippen LogP contribution in [0.4, 0.5) is 0 Å². The lowest BCUT2D eigenvalue weighted by Gasteiger charge is -1.94. The number of ketones is 1. The van der Waals surface area contributed by atoms with Crippen LogP contribution in [-0.2, 0) is 7.05 Å². The summed E-state index contributed by atoms with van der Waals surface area (Å²) in [5, 5.41) is 3.35. The van der Waals surface area contributed by atoms with Crippen LogP contribution in [0.25, 0.3) is 10.9 Å². The van der Waals surface area contributed by atoms with Gasteiger partial charge in [0.2, 0.25) is 0 Å². The lowest BCUT2D eigenvalue weighted by Crippen LogP contribution is -2.13. The third kappa shape index (κ3) is 1.08. The fourth-order valence-electron chi connectivity index (χ4n) is 1.57. The molecule has 0 unspecified atom stereocenters. The molecule has 1 heterocycles. The van der Waals surface area contributed by atoms with E-state index in [1.807, 2.05) is 0 Å². The second kappa shape index (κ2) is 2.83. The number of H-pyrrole nitrogens is 1. The molecular weight excluding hydrogens is 180 g/mol. The molecule has 0 amide bonds. The highest BCUT2D eigenvalue weighted by Gasteiger charge is 2.11. The van der Waals surface area contributed by atoms with Gasteiger partial charge in [0, 0.05) is 12.6 Å². The fraction of sp³-hybridized carbons (Fsp3) is 0.200. The topological polar surface area (TPSA) is 54.9 Å². The van der Waals surface area contributed by atoms with Crippen LogP contribution in [0.1, 0.15) is 17.3 Å². The van der Waals surface area contributed by atoms with Crippen molar-refractivity contribution in [3.05, 3.63) is 34.1 Å². The van der Waals surface area contributed by atoms with E-state index >= 15 is 0 Å². The molecule has 1 aromatic carbocycles. The normalized spacial score (nSPS) is 10.7. The molecule has 0 bridgehead atoms. The molecule has 0 aliphatic heterocycles. The van der Waals surface area contributed by atoms with Gasteiger partial charge in [-0.1, -0.05) is 12.1 Å². The average Bonchev–Trinajstić information content (AvgIpc) is 2.43. The Morgan fingerprint density at radius 3 is 2.79 bits per heavy atom. The van der Waals surface area contributed by atoms with Crippen molar-refractivity contribution >= 4 is 16.7 Å². The summed E-state index contributed by atoms with van der Waals surface area (Å²) in [4.78, 5) is 22.9. The Hall–Kier alpha value is -1.84. The van der Waals surface area contributed by atoms with Crippen molar-refractivity contribution in [2.75, 3.05) is 0 Å². The van der Waals surface area contributed by atoms with Gasteiger partial charge in [0.25, 0.3) is 5.56 Å². The number of carbonyl (C=O) groups is 1. The molecule has 14 heavy (non-hydrogen) atoms. The SMILES string of the molecule is CC(=O)c1cccc2[nH]n(C)c(=O)c12. The average molecular weight is 190 g/mol. The Labute approximate surface area is 80.1 Å². The van der Waals surface area contributed by atoms with Crippen molar-refractivity contribution in [2.24, 2.45) is 7.05 Å². The first-order chi connectivity index (χ1) is 6.61. The van der Waals surface area contributed by atoms with Gasteiger partial charge in [0.1, 0.15) is 0 Å². The minimum Gasteiger partial charge on any atom is -0.295 e. The van der Waals surface area contributed by atoms with Crippen LogP contribution in [0.2, 0.25) is 0 Å². The van der Waals surface area contributed by atoms with E-state index < -0.39 is 0 Å². The zero-order valence-corrected chi connectivity index (χ0v) is 8.00. The van der Waals surface area contributed by atoms with Crippen molar-refractivity contribution in [3.63, 3.8) is 0 Å². The maximum atomic E-state index is 11.6. The van der Waals surface area contributed by atoms with E-state index in [-0.39, 0.29) is 11.3 Å². The molecule has 0 radical (unpaired) electrons. The standard InChI is InChI=1S/C10H10N2O2/c1-6(13)7-4-3-5-8-9(7)10(14)12(2)11-8/h3-5,11H,1-2H3. The summed E-state index contributed by atoms with van der Waals surface area (Å²) in [6, 6.07) is 5.21. The summed E-state index contributed by atoms with van der Waals surface area (Å²) in [7, 11) is 1.63. The molecule has 4 nitrogen and oxygen atoms in total. The number of aromatic amines is 1. The first kappa shape index (κ1) is 8.74. The molecule has 0 aliphatic rings. The molecule has 0 fully saturated rings. The predicted octanol–water partition coefficient (Wildman–Crippen LogP) is 1.07. The summed E-state index contributed by atoms with van der Waals surface area (Å²) in [6.45, 7) is 1.46. The molecular formula is C10H10N2O2. The smallest absolute Gasteiger partial charge is 0.274 e. The monoisotopic (exact) mass is 190 g/mol. The molecule has 0 atom stereocenters. The zero-order valence-electron chi connectivity index (χ0n) is 8.00. The van der Waals surface area contributed by atoms with Gasteiger partial charge in [-0.05, 0) is 13.0 Å². The fourth-order valence-corrected chi connectivity index (χ4v) is 1.57. The van der Waals surface area contributed by atoms with E-state index in [0.717, 1.165) is 0 Å². The first-order valence-corrected chi connectivity index (χ1v) is 4.30. The molecule has 0 spiro atoms. The largest absolute Gasteiger partial charge is 0.295 e. The second-order valence-corrected chi connectivity index (χ2v) is 3.26. The van der Waals surface area contributed by atoms with Gasteiger partial charge >= 0.3 is 0 Å². The number of aromatic nitrogens is 2. The van der Waals surface area contributed by atoms with Gasteiger partial charge in [0.05, 0.1) is 10.9 Å². The minimum absolute atomic E-state index is 0.0905. The Morgan fingerprint density at radius 2 is 2.14 bits per heavy atom. The Kier molecular flexibility index (Phi) is 1.77. The number of hydrogen-bond acceptors (Lipinski definition) is 2. The second-order valence-electron chi connectivity index (χ2n) is 3.26. The van der Waals surface area contributed by atoms with Crippen molar-refractivity contribution < 1.29 is 4.79 Å². The van der Waals surface area contributed by atoms with Crippen LogP contribution in [0.15, 0.2) is 23.0 Å². The van der Waals surface area contributed by atoms with Crippen molar-refractivity contribution in [1.82, 2.24) is 9.78 Å². The third-order valence-corrected chi connectivity index (χ3v) is 2.25. The van der Waals surface area contributed by atoms with Crippen LogP contribution in [0.5, 0.6) is 0 Å². The van der Waals surface area contributed by atoms with Crippen LogP contribution < -0.4 is 5.56 Å². The lowest BCUT2D eigenvalue weighted by molar-refractivity contribution is 0.101. The molecule has 1 N–H and O–H groups in total. The highest BCUT2D eigenvalue weighted by Crippen LogP contribution is 2.13. The lowest BCUT2D eigenvalue weighted by atomic mass is 10.1. The summed E-state index contributed by atoms with van der Waals surface area (Å²) in [6.07, 6.45) is 0. The van der Waals surface area contributed by atoms with Crippen LogP contribution in [0, 0.1) is 0 Å². The quantitative estimate of drug-likeness (QED) is 0.684. The van der Waals surface area contributed by atoms with Gasteiger partial charge in [-0.25, -0.2) is 0 Å². The number of benzene rings is 1. The van der Waals surface area contributed by atoms with E-state index in [0.29, 0.717) is 16.5 Å². The number of fused-ring (bicyclic) bond motifs is 1. The van der Waals surface area contributed by atoms with Crippen molar-refractivity contribution in [2.45, 2.75) is 6.92 Å². The predicted molar refractivity (Wildman–Crippen MR) is 53.5 cm³/mol. The van der Waals surface area contributed by atoms with E-state index in [9.17, 15) is 9.59 Å². The summed E-state index contributed by atoms with van der Waals surface area (Å²) >= 11 is 0. The maximum Gasteiger partial charge on any atom is 0.274 e. The van der Waals surface area contributed by atoms with Crippen molar-refractivity contribution in [3.8, 4) is 0 Å². The van der Waals surface area contributed by atoms with Gasteiger partial charge < -0.3 is 0 Å². The molecule has 0 aliphatic carbocycles. The molecule has 1 aromatic heterocycles. The number of carbonyl (C=O) groups excluding carboxylic acids is 1. The Bertz CT molecular complexity index is 563. The number of rotatable bonds is 1. The number of Topliss-reactive ketones (excluding diaryl/α,β-unsaturated/α-hetero) is 1. The highest BCUT2D eigenvalue weighted by molar-refractivity contribution is 6.05. The van der Waals surface area contributed by atoms with E-state index in [2.05, 4.69) is 5.10 Å². The van der Waals surface area contributed by atoms with Gasteiger partial charge in [-0.3, -0.25) is 19.4 Å². The molecule has 72 valence electrons. The van der Waals surface area contributed by atoms with Gasteiger partial charge in [0.15, 0.2) is 5.78 Å². The Balaban J connectivity index is 2.99. The number of aryl methyl sites for hydroxylation is 1. The number of nitrogens with one attached hydrogen (secondary N) is 1. The maximum absolute atomic E-state index is 11.6. The van der Waals surface area contributed by atoms with Crippen LogP contribution >= 0.6 is 0 Å². The molecule has 0 saturated heterocycles. The third-order valence-electron chi connectivity index (χ3n) is 2.25. The summed E-state index contributed by atoms with van der Waals surface area (Å²) in [5.41, 5.74) is 1.01. The zero-order chi connectivity index (χ0) is 10.3. The van der Waals surface area contributed by atoms with Gasteiger partial charge in [-0.15, -0.1) is 0 Å². The highest BCUT2D eigenvalue weighted by atomic mass is 16.1. The molecule has 2 rings (SSSR count). The first-order valence-electron chi connectivity index (χ1n) is 4.30. The number of nitrogens with zero attached hydrogens (tertiary/aromatic N) is 1. The Morgan fingerprint density at radius 1 is 1.43 bits per heavy atom. The van der Waals surface area contributed by atoms with E-state index in [4.69, 9.17) is 0 Å². The van der Waals surface area contributed by atoms with E-state index in [1.165, 1.54) is 11.6 Å². The molecule has 4 heteroatoms. The summed E-state index contributed by atoms with van der Waals surface area (Å²) < 4.78 is 1.37. The molecule has 0 saturated carbocycles. The summed E-state index contributed by atoms with van der Waals surface area (Å²) in [5.74, 6) is -0.0905. The van der Waals surface area contributed by atoms with Crippen LogP contribution in [-0.4, -0.2) is 15.6 Å². The number of hydrogen-bond donors (Lipinski definition) is 1. The van der Waals surface area contributed by atoms with Crippen molar-refractivity contribution in [1.29, 1.82) is 0 Å². The van der Waals surface area contributed by atoms with Gasteiger partial charge in [-0.2, -0.15) is 0 Å². The van der Waals surface area contributed by atoms with Crippen LogP contribution in [0.3, 0.4) is 0 Å². The molecule has 2 aromatic rings. The van der Waals surface area contributed by atoms with E-state index in [1.54, 1.807) is 25.2 Å².